The van der Waals surface area contributed by atoms with Crippen molar-refractivity contribution in [2.75, 3.05) is 24.2 Å². The third-order valence-corrected chi connectivity index (χ3v) is 7.63. The molecule has 0 aliphatic rings. The molecule has 0 spiro atoms. The summed E-state index contributed by atoms with van der Waals surface area (Å²) in [7, 11) is -2.36. The maximum Gasteiger partial charge on any atom is 0.244 e. The van der Waals surface area contributed by atoms with Crippen molar-refractivity contribution in [2.45, 2.75) is 45.3 Å². The van der Waals surface area contributed by atoms with E-state index in [0.29, 0.717) is 11.4 Å². The standard InChI is InChI=1S/C30H37N3O5S/c1-5-23(2)31-30(35)28(19-24-13-8-6-9-14-24)32(21-25-15-10-7-11-16-25)29(34)22-33(39(4,36)37)26-17-12-18-27(20-26)38-3/h6-18,20,23,28H,5,19,21-22H2,1-4H3,(H,31,35)/t23-,28+/m0/s1. The van der Waals surface area contributed by atoms with Gasteiger partial charge in [-0.25, -0.2) is 8.42 Å². The lowest BCUT2D eigenvalue weighted by atomic mass is 10.0. The minimum absolute atomic E-state index is 0.0891. The molecule has 208 valence electrons. The molecule has 1 N–H and O–H groups in total. The summed E-state index contributed by atoms with van der Waals surface area (Å²) < 4.78 is 32.0. The Balaban J connectivity index is 2.04. The van der Waals surface area contributed by atoms with E-state index in [1.54, 1.807) is 24.3 Å². The highest BCUT2D eigenvalue weighted by Gasteiger charge is 2.33. The molecule has 0 fully saturated rings. The number of rotatable bonds is 13. The predicted octanol–water partition coefficient (Wildman–Crippen LogP) is 4.02. The summed E-state index contributed by atoms with van der Waals surface area (Å²) in [4.78, 5) is 29.2. The van der Waals surface area contributed by atoms with Crippen LogP contribution in [0, 0.1) is 0 Å². The number of hydrogen-bond acceptors (Lipinski definition) is 5. The van der Waals surface area contributed by atoms with Crippen molar-refractivity contribution >= 4 is 27.5 Å². The van der Waals surface area contributed by atoms with Crippen molar-refractivity contribution in [1.29, 1.82) is 0 Å². The zero-order valence-electron chi connectivity index (χ0n) is 22.9. The molecular formula is C30H37N3O5S. The number of amides is 2. The molecule has 0 unspecified atom stereocenters. The fourth-order valence-electron chi connectivity index (χ4n) is 4.15. The van der Waals surface area contributed by atoms with Crippen molar-refractivity contribution in [1.82, 2.24) is 10.2 Å². The Kier molecular flexibility index (Phi) is 10.5. The molecule has 0 aliphatic heterocycles. The normalized spacial score (nSPS) is 12.7. The first-order valence-electron chi connectivity index (χ1n) is 12.9. The van der Waals surface area contributed by atoms with Crippen LogP contribution >= 0.6 is 0 Å². The zero-order chi connectivity index (χ0) is 28.4. The number of methoxy groups -OCH3 is 1. The quantitative estimate of drug-likeness (QED) is 0.346. The van der Waals surface area contributed by atoms with Crippen LogP contribution in [0.25, 0.3) is 0 Å². The number of hydrogen-bond donors (Lipinski definition) is 1. The summed E-state index contributed by atoms with van der Waals surface area (Å²) in [6.45, 7) is 3.55. The van der Waals surface area contributed by atoms with E-state index in [-0.39, 0.29) is 24.9 Å². The highest BCUT2D eigenvalue weighted by molar-refractivity contribution is 7.92. The highest BCUT2D eigenvalue weighted by atomic mass is 32.2. The summed E-state index contributed by atoms with van der Waals surface area (Å²) in [5.41, 5.74) is 2.02. The van der Waals surface area contributed by atoms with Crippen LogP contribution in [0.2, 0.25) is 0 Å². The Hall–Kier alpha value is -3.85. The second kappa shape index (κ2) is 13.8. The molecule has 3 aromatic carbocycles. The molecule has 2 atom stereocenters. The number of anilines is 1. The molecule has 0 heterocycles. The fraction of sp³-hybridized carbons (Fsp3) is 0.333. The molecule has 9 heteroatoms. The average Bonchev–Trinajstić information content (AvgIpc) is 2.93. The first kappa shape index (κ1) is 29.7. The number of nitrogens with one attached hydrogen (secondary N) is 1. The van der Waals surface area contributed by atoms with E-state index >= 15 is 0 Å². The van der Waals surface area contributed by atoms with Gasteiger partial charge in [0.15, 0.2) is 0 Å². The van der Waals surface area contributed by atoms with Crippen LogP contribution in [0.1, 0.15) is 31.4 Å². The van der Waals surface area contributed by atoms with Gasteiger partial charge in [-0.05, 0) is 36.6 Å². The second-order valence-electron chi connectivity index (χ2n) is 9.50. The molecular weight excluding hydrogens is 514 g/mol. The van der Waals surface area contributed by atoms with Crippen LogP contribution in [0.5, 0.6) is 5.75 Å². The zero-order valence-corrected chi connectivity index (χ0v) is 23.7. The second-order valence-corrected chi connectivity index (χ2v) is 11.4. The largest absolute Gasteiger partial charge is 0.497 e. The van der Waals surface area contributed by atoms with Gasteiger partial charge >= 0.3 is 0 Å². The smallest absolute Gasteiger partial charge is 0.244 e. The van der Waals surface area contributed by atoms with Gasteiger partial charge in [0.25, 0.3) is 0 Å². The number of ether oxygens (including phenoxy) is 1. The predicted molar refractivity (Wildman–Crippen MR) is 154 cm³/mol. The number of carbonyl (C=O) groups is 2. The summed E-state index contributed by atoms with van der Waals surface area (Å²) in [5, 5.41) is 3.02. The topological polar surface area (TPSA) is 96.0 Å². The lowest BCUT2D eigenvalue weighted by Gasteiger charge is -2.34. The molecule has 2 amide bonds. The third-order valence-electron chi connectivity index (χ3n) is 6.49. The Morgan fingerprint density at radius 3 is 2.10 bits per heavy atom. The Morgan fingerprint density at radius 1 is 0.923 bits per heavy atom. The number of carbonyl (C=O) groups excluding carboxylic acids is 2. The van der Waals surface area contributed by atoms with Crippen molar-refractivity contribution in [3.63, 3.8) is 0 Å². The Bertz CT molecular complexity index is 1330. The monoisotopic (exact) mass is 551 g/mol. The van der Waals surface area contributed by atoms with Crippen LogP contribution in [-0.2, 0) is 32.6 Å². The van der Waals surface area contributed by atoms with E-state index in [2.05, 4.69) is 5.32 Å². The lowest BCUT2D eigenvalue weighted by molar-refractivity contribution is -0.140. The first-order chi connectivity index (χ1) is 18.6. The van der Waals surface area contributed by atoms with Gasteiger partial charge in [0.2, 0.25) is 21.8 Å². The SMILES string of the molecule is CC[C@H](C)NC(=O)[C@@H](Cc1ccccc1)N(Cc1ccccc1)C(=O)CN(c1cccc(OC)c1)S(C)(=O)=O. The minimum Gasteiger partial charge on any atom is -0.497 e. The summed E-state index contributed by atoms with van der Waals surface area (Å²) >= 11 is 0. The van der Waals surface area contributed by atoms with E-state index in [1.807, 2.05) is 74.5 Å². The van der Waals surface area contributed by atoms with Gasteiger partial charge in [0.05, 0.1) is 19.1 Å². The van der Waals surface area contributed by atoms with Gasteiger partial charge in [-0.15, -0.1) is 0 Å². The van der Waals surface area contributed by atoms with E-state index in [9.17, 15) is 18.0 Å². The van der Waals surface area contributed by atoms with Gasteiger partial charge in [0.1, 0.15) is 18.3 Å². The van der Waals surface area contributed by atoms with Crippen LogP contribution < -0.4 is 14.4 Å². The molecule has 0 radical (unpaired) electrons. The number of sulfonamides is 1. The number of benzene rings is 3. The average molecular weight is 552 g/mol. The molecule has 0 saturated heterocycles. The molecule has 3 rings (SSSR count). The van der Waals surface area contributed by atoms with Gasteiger partial charge in [-0.3, -0.25) is 13.9 Å². The summed E-state index contributed by atoms with van der Waals surface area (Å²) in [6.07, 6.45) is 2.06. The van der Waals surface area contributed by atoms with Crippen molar-refractivity contribution in [2.24, 2.45) is 0 Å². The molecule has 39 heavy (non-hydrogen) atoms. The minimum atomic E-state index is -3.84. The van der Waals surface area contributed by atoms with Gasteiger partial charge in [0, 0.05) is 25.1 Å². The summed E-state index contributed by atoms with van der Waals surface area (Å²) in [6, 6.07) is 24.4. The van der Waals surface area contributed by atoms with E-state index in [4.69, 9.17) is 4.74 Å². The molecule has 8 nitrogen and oxygen atoms in total. The van der Waals surface area contributed by atoms with Crippen molar-refractivity contribution in [3.8, 4) is 5.75 Å². The van der Waals surface area contributed by atoms with E-state index in [0.717, 1.165) is 28.1 Å². The van der Waals surface area contributed by atoms with Crippen molar-refractivity contribution in [3.05, 3.63) is 96.1 Å². The third kappa shape index (κ3) is 8.58. The summed E-state index contributed by atoms with van der Waals surface area (Å²) in [5.74, 6) is -0.318. The molecule has 0 saturated carbocycles. The maximum atomic E-state index is 14.0. The Labute approximate surface area is 231 Å². The Morgan fingerprint density at radius 2 is 1.54 bits per heavy atom. The van der Waals surface area contributed by atoms with Crippen LogP contribution in [0.3, 0.4) is 0 Å². The highest BCUT2D eigenvalue weighted by Crippen LogP contribution is 2.24. The van der Waals surface area contributed by atoms with E-state index in [1.165, 1.54) is 12.0 Å². The maximum absolute atomic E-state index is 14.0. The molecule has 0 aliphatic carbocycles. The molecule has 3 aromatic rings. The van der Waals surface area contributed by atoms with Gasteiger partial charge in [-0.1, -0.05) is 73.7 Å². The fourth-order valence-corrected chi connectivity index (χ4v) is 5.00. The van der Waals surface area contributed by atoms with Crippen LogP contribution in [0.4, 0.5) is 5.69 Å². The van der Waals surface area contributed by atoms with Crippen LogP contribution in [0.15, 0.2) is 84.9 Å². The molecule has 0 bridgehead atoms. The van der Waals surface area contributed by atoms with Gasteiger partial charge in [-0.2, -0.15) is 0 Å². The van der Waals surface area contributed by atoms with Crippen molar-refractivity contribution < 1.29 is 22.7 Å². The lowest BCUT2D eigenvalue weighted by Crippen LogP contribution is -2.54. The molecule has 0 aromatic heterocycles. The number of nitrogens with zero attached hydrogens (tertiary/aromatic N) is 2. The van der Waals surface area contributed by atoms with Crippen LogP contribution in [-0.4, -0.2) is 57.1 Å². The first-order valence-corrected chi connectivity index (χ1v) is 14.8. The van der Waals surface area contributed by atoms with Gasteiger partial charge < -0.3 is 15.0 Å². The van der Waals surface area contributed by atoms with E-state index < -0.39 is 28.5 Å².